The molecule has 0 aromatic carbocycles. The SMILES string of the molecule is O=C(Cc1cncs1)c1ncc(Br)cc1Br. The Labute approximate surface area is 113 Å². The molecule has 2 heterocycles. The summed E-state index contributed by atoms with van der Waals surface area (Å²) in [6, 6.07) is 1.81. The van der Waals surface area contributed by atoms with Crippen LogP contribution in [0.3, 0.4) is 0 Å². The number of hydrogen-bond acceptors (Lipinski definition) is 4. The van der Waals surface area contributed by atoms with Gasteiger partial charge in [0.15, 0.2) is 5.78 Å². The minimum absolute atomic E-state index is 0.0105. The number of rotatable bonds is 3. The molecule has 0 bridgehead atoms. The van der Waals surface area contributed by atoms with E-state index in [-0.39, 0.29) is 5.78 Å². The van der Waals surface area contributed by atoms with Gasteiger partial charge in [-0.15, -0.1) is 11.3 Å². The maximum atomic E-state index is 11.9. The second kappa shape index (κ2) is 5.16. The molecule has 6 heteroatoms. The van der Waals surface area contributed by atoms with Gasteiger partial charge in [-0.2, -0.15) is 0 Å². The van der Waals surface area contributed by atoms with E-state index in [2.05, 4.69) is 41.8 Å². The Morgan fingerprint density at radius 3 is 2.81 bits per heavy atom. The van der Waals surface area contributed by atoms with Gasteiger partial charge in [0.25, 0.3) is 0 Å². The molecule has 3 nitrogen and oxygen atoms in total. The van der Waals surface area contributed by atoms with Crippen LogP contribution in [0.1, 0.15) is 15.4 Å². The molecule has 0 aliphatic heterocycles. The highest BCUT2D eigenvalue weighted by atomic mass is 79.9. The van der Waals surface area contributed by atoms with Gasteiger partial charge in [0.1, 0.15) is 5.69 Å². The van der Waals surface area contributed by atoms with Gasteiger partial charge in [0.2, 0.25) is 0 Å². The van der Waals surface area contributed by atoms with Gasteiger partial charge in [0.05, 0.1) is 5.51 Å². The van der Waals surface area contributed by atoms with Crippen LogP contribution in [0.4, 0.5) is 0 Å². The van der Waals surface area contributed by atoms with Gasteiger partial charge in [-0.1, -0.05) is 0 Å². The summed E-state index contributed by atoms with van der Waals surface area (Å²) in [5, 5.41) is 0. The number of hydrogen-bond donors (Lipinski definition) is 0. The van der Waals surface area contributed by atoms with Crippen LogP contribution >= 0.6 is 43.2 Å². The minimum atomic E-state index is -0.0105. The fourth-order valence-electron chi connectivity index (χ4n) is 1.19. The van der Waals surface area contributed by atoms with E-state index in [0.29, 0.717) is 16.6 Å². The van der Waals surface area contributed by atoms with Gasteiger partial charge >= 0.3 is 0 Å². The fraction of sp³-hybridized carbons (Fsp3) is 0.100. The van der Waals surface area contributed by atoms with Crippen LogP contribution in [0.25, 0.3) is 0 Å². The van der Waals surface area contributed by atoms with E-state index >= 15 is 0 Å². The summed E-state index contributed by atoms with van der Waals surface area (Å²) in [6.45, 7) is 0. The monoisotopic (exact) mass is 360 g/mol. The van der Waals surface area contributed by atoms with Crippen LogP contribution in [-0.4, -0.2) is 15.8 Å². The smallest absolute Gasteiger partial charge is 0.187 e. The number of Topliss-reactive ketones (excluding diaryl/α,β-unsaturated/α-hetero) is 1. The number of carbonyl (C=O) groups excluding carboxylic acids is 1. The van der Waals surface area contributed by atoms with Crippen LogP contribution in [-0.2, 0) is 6.42 Å². The van der Waals surface area contributed by atoms with Crippen LogP contribution in [0.2, 0.25) is 0 Å². The van der Waals surface area contributed by atoms with Gasteiger partial charge in [-0.25, -0.2) is 0 Å². The normalized spacial score (nSPS) is 10.4. The lowest BCUT2D eigenvalue weighted by Gasteiger charge is -2.01. The van der Waals surface area contributed by atoms with Crippen molar-refractivity contribution in [2.24, 2.45) is 0 Å². The van der Waals surface area contributed by atoms with Crippen molar-refractivity contribution in [1.82, 2.24) is 9.97 Å². The summed E-state index contributed by atoms with van der Waals surface area (Å²) in [5.41, 5.74) is 2.17. The third kappa shape index (κ3) is 2.75. The first-order valence-corrected chi connectivity index (χ1v) is 6.85. The molecule has 2 aromatic heterocycles. The molecule has 2 aromatic rings. The summed E-state index contributed by atoms with van der Waals surface area (Å²) in [6.07, 6.45) is 3.66. The Balaban J connectivity index is 2.21. The van der Waals surface area contributed by atoms with E-state index in [1.807, 2.05) is 6.07 Å². The molecule has 0 N–H and O–H groups in total. The van der Waals surface area contributed by atoms with Crippen LogP contribution in [0, 0.1) is 0 Å². The van der Waals surface area contributed by atoms with Crippen molar-refractivity contribution in [3.05, 3.63) is 43.5 Å². The maximum absolute atomic E-state index is 11.9. The summed E-state index contributed by atoms with van der Waals surface area (Å²) in [5.74, 6) is -0.0105. The van der Waals surface area contributed by atoms with Crippen molar-refractivity contribution in [1.29, 1.82) is 0 Å². The van der Waals surface area contributed by atoms with E-state index < -0.39 is 0 Å². The average Bonchev–Trinajstić information content (AvgIpc) is 2.70. The lowest BCUT2D eigenvalue weighted by molar-refractivity contribution is 0.0988. The Morgan fingerprint density at radius 1 is 1.38 bits per heavy atom. The van der Waals surface area contributed by atoms with Gasteiger partial charge < -0.3 is 0 Å². The van der Waals surface area contributed by atoms with E-state index in [0.717, 1.165) is 9.35 Å². The van der Waals surface area contributed by atoms with Crippen molar-refractivity contribution in [2.75, 3.05) is 0 Å². The van der Waals surface area contributed by atoms with Crippen molar-refractivity contribution in [3.63, 3.8) is 0 Å². The zero-order chi connectivity index (χ0) is 11.5. The van der Waals surface area contributed by atoms with Crippen LogP contribution in [0.5, 0.6) is 0 Å². The van der Waals surface area contributed by atoms with E-state index in [1.165, 1.54) is 11.3 Å². The second-order valence-corrected chi connectivity index (χ2v) is 5.79. The molecule has 0 aliphatic rings. The van der Waals surface area contributed by atoms with E-state index in [4.69, 9.17) is 0 Å². The molecule has 0 amide bonds. The summed E-state index contributed by atoms with van der Waals surface area (Å²) >= 11 is 8.09. The summed E-state index contributed by atoms with van der Waals surface area (Å²) in [4.78, 5) is 20.9. The summed E-state index contributed by atoms with van der Waals surface area (Å²) < 4.78 is 1.55. The Hall–Kier alpha value is -0.590. The van der Waals surface area contributed by atoms with Gasteiger partial charge in [0, 0.05) is 32.6 Å². The lowest BCUT2D eigenvalue weighted by Crippen LogP contribution is -2.06. The molecule has 0 unspecified atom stereocenters. The number of thiazole rings is 1. The van der Waals surface area contributed by atoms with Crippen molar-refractivity contribution in [3.8, 4) is 0 Å². The van der Waals surface area contributed by atoms with Gasteiger partial charge in [-0.3, -0.25) is 14.8 Å². The number of pyridine rings is 1. The molecule has 0 saturated carbocycles. The molecule has 0 saturated heterocycles. The predicted octanol–water partition coefficient (Wildman–Crippen LogP) is 3.49. The molecular formula is C10H6Br2N2OS. The summed E-state index contributed by atoms with van der Waals surface area (Å²) in [7, 11) is 0. The van der Waals surface area contributed by atoms with Crippen molar-refractivity contribution in [2.45, 2.75) is 6.42 Å². The van der Waals surface area contributed by atoms with E-state index in [1.54, 1.807) is 17.9 Å². The molecule has 16 heavy (non-hydrogen) atoms. The predicted molar refractivity (Wildman–Crippen MR) is 69.8 cm³/mol. The first kappa shape index (κ1) is 11.9. The largest absolute Gasteiger partial charge is 0.292 e. The highest BCUT2D eigenvalue weighted by Gasteiger charge is 2.13. The zero-order valence-corrected chi connectivity index (χ0v) is 12.0. The Kier molecular flexibility index (Phi) is 3.83. The van der Waals surface area contributed by atoms with Crippen molar-refractivity contribution >= 4 is 49.0 Å². The second-order valence-electron chi connectivity index (χ2n) is 3.05. The molecule has 0 aliphatic carbocycles. The number of carbonyl (C=O) groups is 1. The first-order valence-electron chi connectivity index (χ1n) is 4.38. The highest BCUT2D eigenvalue weighted by Crippen LogP contribution is 2.21. The molecule has 82 valence electrons. The van der Waals surface area contributed by atoms with Crippen molar-refractivity contribution < 1.29 is 4.79 Å². The minimum Gasteiger partial charge on any atom is -0.292 e. The van der Waals surface area contributed by atoms with E-state index in [9.17, 15) is 4.79 Å². The standard InChI is InChI=1S/C10H6Br2N2OS/c11-6-1-8(12)10(14-3-6)9(15)2-7-4-13-5-16-7/h1,3-5H,2H2. The molecule has 0 radical (unpaired) electrons. The molecular weight excluding hydrogens is 356 g/mol. The lowest BCUT2D eigenvalue weighted by atomic mass is 10.2. The third-order valence-electron chi connectivity index (χ3n) is 1.89. The average molecular weight is 362 g/mol. The first-order chi connectivity index (χ1) is 7.66. The molecule has 0 spiro atoms. The number of ketones is 1. The highest BCUT2D eigenvalue weighted by molar-refractivity contribution is 9.11. The molecule has 2 rings (SSSR count). The molecule has 0 atom stereocenters. The number of aromatic nitrogens is 2. The zero-order valence-electron chi connectivity index (χ0n) is 7.98. The fourth-order valence-corrected chi connectivity index (χ4v) is 2.99. The topological polar surface area (TPSA) is 42.9 Å². The van der Waals surface area contributed by atoms with Crippen LogP contribution < -0.4 is 0 Å². The number of halogens is 2. The van der Waals surface area contributed by atoms with Crippen LogP contribution in [0.15, 0.2) is 32.9 Å². The Morgan fingerprint density at radius 2 is 2.19 bits per heavy atom. The quantitative estimate of drug-likeness (QED) is 0.786. The Bertz CT molecular complexity index is 514. The van der Waals surface area contributed by atoms with Gasteiger partial charge in [-0.05, 0) is 37.9 Å². The third-order valence-corrected chi connectivity index (χ3v) is 3.71. The number of nitrogens with zero attached hydrogens (tertiary/aromatic N) is 2. The molecule has 0 fully saturated rings. The maximum Gasteiger partial charge on any atom is 0.187 e.